The number of aryl methyl sites for hydroxylation is 2. The summed E-state index contributed by atoms with van der Waals surface area (Å²) in [6.45, 7) is 8.41. The second-order valence-corrected chi connectivity index (χ2v) is 7.57. The van der Waals surface area contributed by atoms with Crippen LogP contribution in [-0.2, 0) is 14.4 Å². The summed E-state index contributed by atoms with van der Waals surface area (Å²) >= 11 is 0. The molecule has 0 saturated carbocycles. The first kappa shape index (κ1) is 23.1. The summed E-state index contributed by atoms with van der Waals surface area (Å²) in [5.74, 6) is 0.392. The van der Waals surface area contributed by atoms with E-state index in [-0.39, 0.29) is 37.5 Å². The Bertz CT molecular complexity index is 996. The van der Waals surface area contributed by atoms with Gasteiger partial charge in [-0.25, -0.2) is 0 Å². The monoisotopic (exact) mass is 439 g/mol. The fraction of sp³-hybridized carbons (Fsp3) is 0.375. The van der Waals surface area contributed by atoms with Crippen molar-refractivity contribution in [2.24, 2.45) is 0 Å². The zero-order valence-corrected chi connectivity index (χ0v) is 18.9. The number of nitrogens with one attached hydrogen (secondary N) is 1. The lowest BCUT2D eigenvalue weighted by molar-refractivity contribution is -0.131. The largest absolute Gasteiger partial charge is 0.483 e. The highest BCUT2D eigenvalue weighted by Crippen LogP contribution is 2.34. The molecule has 3 amide bonds. The molecular weight excluding hydrogens is 410 g/mol. The van der Waals surface area contributed by atoms with E-state index in [4.69, 9.17) is 9.47 Å². The Morgan fingerprint density at radius 1 is 1.12 bits per heavy atom. The Kier molecular flexibility index (Phi) is 7.35. The van der Waals surface area contributed by atoms with E-state index >= 15 is 0 Å². The first-order chi connectivity index (χ1) is 15.3. The van der Waals surface area contributed by atoms with Crippen LogP contribution >= 0.6 is 0 Å². The number of para-hydroxylation sites is 1. The number of amides is 3. The van der Waals surface area contributed by atoms with Crippen molar-refractivity contribution in [2.75, 3.05) is 43.1 Å². The second kappa shape index (κ2) is 10.2. The van der Waals surface area contributed by atoms with Gasteiger partial charge in [-0.3, -0.25) is 19.3 Å². The van der Waals surface area contributed by atoms with Crippen LogP contribution in [0.3, 0.4) is 0 Å². The number of carbonyl (C=O) groups is 3. The summed E-state index contributed by atoms with van der Waals surface area (Å²) in [6.07, 6.45) is 0. The maximum atomic E-state index is 12.6. The van der Waals surface area contributed by atoms with E-state index in [1.54, 1.807) is 23.1 Å². The lowest BCUT2D eigenvalue weighted by Crippen LogP contribution is -2.46. The number of nitrogens with zero attached hydrogens (tertiary/aromatic N) is 2. The van der Waals surface area contributed by atoms with Crippen LogP contribution in [0, 0.1) is 13.8 Å². The Hall–Kier alpha value is -3.55. The molecule has 2 aromatic rings. The molecule has 0 bridgehead atoms. The molecule has 0 radical (unpaired) electrons. The van der Waals surface area contributed by atoms with E-state index in [0.29, 0.717) is 36.0 Å². The van der Waals surface area contributed by atoms with E-state index in [0.717, 1.165) is 11.1 Å². The first-order valence-corrected chi connectivity index (χ1v) is 10.7. The van der Waals surface area contributed by atoms with Gasteiger partial charge in [-0.2, -0.15) is 0 Å². The number of benzene rings is 2. The quantitative estimate of drug-likeness (QED) is 0.683. The van der Waals surface area contributed by atoms with Gasteiger partial charge in [0.2, 0.25) is 5.91 Å². The first-order valence-electron chi connectivity index (χ1n) is 10.7. The van der Waals surface area contributed by atoms with E-state index in [2.05, 4.69) is 5.32 Å². The third-order valence-electron chi connectivity index (χ3n) is 5.35. The smallest absolute Gasteiger partial charge is 0.265 e. The summed E-state index contributed by atoms with van der Waals surface area (Å²) in [7, 11) is 0. The number of anilines is 2. The van der Waals surface area contributed by atoms with Gasteiger partial charge in [0.15, 0.2) is 13.2 Å². The number of fused-ring (bicyclic) bond motifs is 1. The van der Waals surface area contributed by atoms with Gasteiger partial charge in [0, 0.05) is 18.8 Å². The number of rotatable bonds is 8. The Balaban J connectivity index is 1.72. The highest BCUT2D eigenvalue weighted by Gasteiger charge is 2.29. The summed E-state index contributed by atoms with van der Waals surface area (Å²) < 4.78 is 11.2. The maximum absolute atomic E-state index is 12.6. The number of hydrogen-bond acceptors (Lipinski definition) is 5. The highest BCUT2D eigenvalue weighted by molar-refractivity contribution is 6.03. The molecule has 1 aliphatic heterocycles. The van der Waals surface area contributed by atoms with Crippen LogP contribution in [0.25, 0.3) is 0 Å². The van der Waals surface area contributed by atoms with Crippen molar-refractivity contribution in [3.63, 3.8) is 0 Å². The number of likely N-dealkylation sites (N-methyl/N-ethyl adjacent to an activating group) is 1. The molecule has 0 aromatic heterocycles. The second-order valence-electron chi connectivity index (χ2n) is 7.57. The third kappa shape index (κ3) is 5.19. The number of carbonyl (C=O) groups excluding carboxylic acids is 3. The Labute approximate surface area is 188 Å². The van der Waals surface area contributed by atoms with Gasteiger partial charge in [0.05, 0.1) is 5.69 Å². The van der Waals surface area contributed by atoms with Gasteiger partial charge in [-0.1, -0.05) is 18.2 Å². The molecule has 0 saturated heterocycles. The van der Waals surface area contributed by atoms with Crippen LogP contribution < -0.4 is 19.7 Å². The van der Waals surface area contributed by atoms with Crippen molar-refractivity contribution in [3.05, 3.63) is 47.5 Å². The van der Waals surface area contributed by atoms with E-state index in [9.17, 15) is 14.4 Å². The van der Waals surface area contributed by atoms with Gasteiger partial charge in [-0.15, -0.1) is 0 Å². The highest BCUT2D eigenvalue weighted by atomic mass is 16.5. The average molecular weight is 440 g/mol. The molecule has 170 valence electrons. The van der Waals surface area contributed by atoms with Crippen LogP contribution in [0.15, 0.2) is 36.4 Å². The standard InChI is InChI=1S/C24H29N3O5/c1-5-26(6-2)22(29)13-27-19-12-18(10-11-20(19)31-15-23(27)30)25-21(28)14-32-24-16(3)8-7-9-17(24)4/h7-12H,5-6,13-15H2,1-4H3,(H,25,28). The van der Waals surface area contributed by atoms with Crippen molar-refractivity contribution in [3.8, 4) is 11.5 Å². The minimum absolute atomic E-state index is 0.0794. The van der Waals surface area contributed by atoms with Crippen molar-refractivity contribution >= 4 is 29.1 Å². The zero-order chi connectivity index (χ0) is 23.3. The lowest BCUT2D eigenvalue weighted by atomic mass is 10.1. The molecule has 0 fully saturated rings. The zero-order valence-electron chi connectivity index (χ0n) is 18.9. The molecule has 3 rings (SSSR count). The molecule has 0 aliphatic carbocycles. The average Bonchev–Trinajstić information content (AvgIpc) is 2.76. The summed E-state index contributed by atoms with van der Waals surface area (Å²) in [4.78, 5) is 40.6. The van der Waals surface area contributed by atoms with Crippen LogP contribution in [0.4, 0.5) is 11.4 Å². The van der Waals surface area contributed by atoms with Crippen molar-refractivity contribution in [1.29, 1.82) is 0 Å². The molecule has 32 heavy (non-hydrogen) atoms. The van der Waals surface area contributed by atoms with Gasteiger partial charge in [0.1, 0.15) is 18.0 Å². The van der Waals surface area contributed by atoms with Crippen LogP contribution in [0.1, 0.15) is 25.0 Å². The van der Waals surface area contributed by atoms with Crippen molar-refractivity contribution < 1.29 is 23.9 Å². The molecule has 1 heterocycles. The molecule has 0 unspecified atom stereocenters. The van der Waals surface area contributed by atoms with Gasteiger partial charge in [-0.05, 0) is 57.0 Å². The van der Waals surface area contributed by atoms with Crippen LogP contribution in [-0.4, -0.2) is 55.5 Å². The molecule has 2 aromatic carbocycles. The SMILES string of the molecule is CCN(CC)C(=O)CN1C(=O)COc2ccc(NC(=O)COc3c(C)cccc3C)cc21. The summed E-state index contributed by atoms with van der Waals surface area (Å²) in [5.41, 5.74) is 2.85. The third-order valence-corrected chi connectivity index (χ3v) is 5.35. The van der Waals surface area contributed by atoms with Gasteiger partial charge < -0.3 is 19.7 Å². The minimum atomic E-state index is -0.332. The van der Waals surface area contributed by atoms with Crippen LogP contribution in [0.5, 0.6) is 11.5 Å². The molecule has 8 heteroatoms. The number of ether oxygens (including phenoxy) is 2. The molecular formula is C24H29N3O5. The number of hydrogen-bond donors (Lipinski definition) is 1. The Morgan fingerprint density at radius 3 is 2.47 bits per heavy atom. The lowest BCUT2D eigenvalue weighted by Gasteiger charge is -2.31. The summed E-state index contributed by atoms with van der Waals surface area (Å²) in [5, 5.41) is 2.78. The fourth-order valence-corrected chi connectivity index (χ4v) is 3.63. The fourth-order valence-electron chi connectivity index (χ4n) is 3.63. The van der Waals surface area contributed by atoms with Crippen molar-refractivity contribution in [2.45, 2.75) is 27.7 Å². The van der Waals surface area contributed by atoms with E-state index < -0.39 is 0 Å². The predicted molar refractivity (Wildman–Crippen MR) is 122 cm³/mol. The van der Waals surface area contributed by atoms with Gasteiger partial charge >= 0.3 is 0 Å². The Morgan fingerprint density at radius 2 is 1.81 bits per heavy atom. The molecule has 0 atom stereocenters. The molecule has 1 aliphatic rings. The molecule has 1 N–H and O–H groups in total. The minimum Gasteiger partial charge on any atom is -0.483 e. The van der Waals surface area contributed by atoms with E-state index in [1.807, 2.05) is 45.9 Å². The molecule has 0 spiro atoms. The predicted octanol–water partition coefficient (Wildman–Crippen LogP) is 2.91. The van der Waals surface area contributed by atoms with Crippen LogP contribution in [0.2, 0.25) is 0 Å². The van der Waals surface area contributed by atoms with Crippen molar-refractivity contribution in [1.82, 2.24) is 4.90 Å². The van der Waals surface area contributed by atoms with E-state index in [1.165, 1.54) is 4.90 Å². The maximum Gasteiger partial charge on any atom is 0.265 e. The topological polar surface area (TPSA) is 88.2 Å². The summed E-state index contributed by atoms with van der Waals surface area (Å²) in [6, 6.07) is 10.8. The normalized spacial score (nSPS) is 12.6. The van der Waals surface area contributed by atoms with Gasteiger partial charge in [0.25, 0.3) is 11.8 Å². The molecule has 8 nitrogen and oxygen atoms in total.